The zero-order valence-corrected chi connectivity index (χ0v) is 55.3. The topological polar surface area (TPSA) is 86.6 Å². The molecule has 9 aromatic rings. The molecule has 7 nitrogen and oxygen atoms in total. The van der Waals surface area contributed by atoms with Crippen LogP contribution in [0.4, 0.5) is 0 Å². The normalized spacial score (nSPS) is 21.2. The van der Waals surface area contributed by atoms with Crippen molar-refractivity contribution in [3.63, 3.8) is 0 Å². The summed E-state index contributed by atoms with van der Waals surface area (Å²) >= 11 is 0. The summed E-state index contributed by atoms with van der Waals surface area (Å²) in [7, 11) is -10.2. The van der Waals surface area contributed by atoms with Crippen molar-refractivity contribution < 1.29 is 27.6 Å². The number of allylic oxidation sites excluding steroid dienone is 6. The van der Waals surface area contributed by atoms with E-state index in [1.54, 1.807) is 0 Å². The lowest BCUT2D eigenvalue weighted by Crippen LogP contribution is -2.35. The Labute approximate surface area is 532 Å². The summed E-state index contributed by atoms with van der Waals surface area (Å²) in [6.45, 7) is 19.9. The predicted octanol–water partition coefficient (Wildman–Crippen LogP) is 22.5. The van der Waals surface area contributed by atoms with E-state index in [1.807, 2.05) is 0 Å². The smallest absolute Gasteiger partial charge is 0.413 e. The van der Waals surface area contributed by atoms with E-state index in [1.165, 1.54) is 16.7 Å². The Balaban J connectivity index is 1.16. The number of benzene rings is 9. The molecule has 5 aliphatic rings. The van der Waals surface area contributed by atoms with Crippen LogP contribution in [0.15, 0.2) is 186 Å². The summed E-state index contributed by atoms with van der Waals surface area (Å²) in [6, 6.07) is 52.1. The highest BCUT2D eigenvalue weighted by molar-refractivity contribution is 7.64. The first kappa shape index (κ1) is 59.7. The molecule has 2 heterocycles. The molecule has 2 aliphatic heterocycles. The van der Waals surface area contributed by atoms with Crippen LogP contribution in [0.3, 0.4) is 0 Å². The van der Waals surface area contributed by atoms with Gasteiger partial charge < -0.3 is 18.1 Å². The molecule has 0 aromatic heterocycles. The van der Waals surface area contributed by atoms with E-state index in [2.05, 4.69) is 238 Å². The van der Waals surface area contributed by atoms with Gasteiger partial charge in [-0.3, -0.25) is 4.89 Å². The third-order valence-electron chi connectivity index (χ3n) is 20.2. The first-order valence-corrected chi connectivity index (χ1v) is 36.1. The maximum Gasteiger partial charge on any atom is 0.569 e. The molecule has 1 N–H and O–H groups in total. The zero-order valence-electron chi connectivity index (χ0n) is 53.5. The fourth-order valence-electron chi connectivity index (χ4n) is 16.1. The SMILES string of the molecule is CCC1=CC=CC(CC)C1c1cc2ccccc2c2c1OP(O)(=NP1(=O)Oc3c(-c4c(CC)cccc4CC)cc4c(c3-c3c(c(-c5c(CC)cccc5CC)cc5ccccc35)O1)C=CCC4)OC1=C2c2ccccc2CC1(C)c1c(CC)cccc1CC. The largest absolute Gasteiger partial charge is 0.569 e. The molecule has 9 aromatic carbocycles. The minimum atomic E-state index is -5.17. The molecular formula is C81H81NO6P2. The van der Waals surface area contributed by atoms with Crippen LogP contribution in [0.2, 0.25) is 0 Å². The van der Waals surface area contributed by atoms with Gasteiger partial charge in [0, 0.05) is 44.9 Å². The third-order valence-corrected chi connectivity index (χ3v) is 23.7. The minimum absolute atomic E-state index is 0.0943. The Morgan fingerprint density at radius 1 is 0.544 bits per heavy atom. The molecule has 0 bridgehead atoms. The van der Waals surface area contributed by atoms with Gasteiger partial charge in [0.05, 0.1) is 5.41 Å². The second-order valence-electron chi connectivity index (χ2n) is 25.2. The molecule has 0 saturated heterocycles. The Bertz CT molecular complexity index is 4610. The van der Waals surface area contributed by atoms with Crippen LogP contribution in [-0.2, 0) is 65.9 Å². The quantitative estimate of drug-likeness (QED) is 0.116. The molecule has 0 fully saturated rings. The number of aryl methyl sites for hydroxylation is 7. The number of hydrogen-bond acceptors (Lipinski definition) is 5. The van der Waals surface area contributed by atoms with Crippen molar-refractivity contribution >= 4 is 48.7 Å². The van der Waals surface area contributed by atoms with Crippen molar-refractivity contribution in [3.8, 4) is 50.6 Å². The maximum atomic E-state index is 18.0. The van der Waals surface area contributed by atoms with Crippen LogP contribution in [0.1, 0.15) is 160 Å². The molecule has 5 unspecified atom stereocenters. The first-order chi connectivity index (χ1) is 43.8. The Morgan fingerprint density at radius 3 is 1.71 bits per heavy atom. The number of rotatable bonds is 13. The zero-order chi connectivity index (χ0) is 62.2. The van der Waals surface area contributed by atoms with Gasteiger partial charge in [0.2, 0.25) is 0 Å². The van der Waals surface area contributed by atoms with Crippen LogP contribution in [0.5, 0.6) is 17.2 Å². The highest BCUT2D eigenvalue weighted by Gasteiger charge is 2.52. The van der Waals surface area contributed by atoms with E-state index in [9.17, 15) is 4.89 Å². The third kappa shape index (κ3) is 9.71. The minimum Gasteiger partial charge on any atom is -0.413 e. The van der Waals surface area contributed by atoms with Crippen LogP contribution < -0.4 is 13.6 Å². The average molecular weight is 1230 g/mol. The Hall–Kier alpha value is -7.92. The van der Waals surface area contributed by atoms with Crippen molar-refractivity contribution in [2.75, 3.05) is 0 Å². The van der Waals surface area contributed by atoms with Crippen LogP contribution >= 0.6 is 15.5 Å². The van der Waals surface area contributed by atoms with Gasteiger partial charge in [0.15, 0.2) is 0 Å². The van der Waals surface area contributed by atoms with Gasteiger partial charge in [-0.05, 0) is 196 Å². The van der Waals surface area contributed by atoms with Crippen molar-refractivity contribution in [1.82, 2.24) is 0 Å². The maximum absolute atomic E-state index is 18.0. The van der Waals surface area contributed by atoms with Gasteiger partial charge >= 0.3 is 15.5 Å². The summed E-state index contributed by atoms with van der Waals surface area (Å²) in [5.74, 6) is 1.68. The molecule has 0 amide bonds. The number of fused-ring (bicyclic) bond motifs is 13. The van der Waals surface area contributed by atoms with Crippen molar-refractivity contribution in [1.29, 1.82) is 0 Å². The summed E-state index contributed by atoms with van der Waals surface area (Å²) in [6.07, 6.45) is 19.6. The van der Waals surface area contributed by atoms with Gasteiger partial charge in [-0.15, -0.1) is 0 Å². The molecule has 3 aliphatic carbocycles. The molecule has 0 radical (unpaired) electrons. The summed E-state index contributed by atoms with van der Waals surface area (Å²) in [5, 5.41) is 3.90. The van der Waals surface area contributed by atoms with Crippen LogP contribution in [0, 0.1) is 5.92 Å². The molecule has 456 valence electrons. The van der Waals surface area contributed by atoms with Gasteiger partial charge in [-0.1, -0.05) is 223 Å². The van der Waals surface area contributed by atoms with Crippen LogP contribution in [-0.4, -0.2) is 4.89 Å². The fraction of sp³-hybridized carbons (Fsp3) is 0.284. The Morgan fingerprint density at radius 2 is 1.10 bits per heavy atom. The standard InChI is InChI=1S/C81H81NO6P2/c1-10-50-34-26-35-51(11-2)69(50)66-46-58-30-18-22-42-62(58)72-73-63-43-23-19-31-59(63)47-67(70-52(12-3)36-27-37-53(70)13-4)78(73)86-89(83,85-77(66)72)82-90(84)87-79-68(71-54(14-5)38-28-39-55(71)15-6)48-60-32-20-24-44-64(60)74(79)75-65-45-25-21-33-61(65)49-81(9,80(75)88-90)76-56(16-7)40-29-41-57(76)17-8/h18,20-30,32-48,54,71,84H,10-17,19,31,49H2,1-9H3. The molecular weight excluding hydrogens is 1140 g/mol. The van der Waals surface area contributed by atoms with Gasteiger partial charge in [0.25, 0.3) is 0 Å². The fourth-order valence-corrected chi connectivity index (χ4v) is 19.6. The van der Waals surface area contributed by atoms with Crippen molar-refractivity contribution in [3.05, 3.63) is 254 Å². The number of hydrogen-bond donors (Lipinski definition) is 1. The lowest BCUT2D eigenvalue weighted by atomic mass is 9.65. The molecule has 90 heavy (non-hydrogen) atoms. The second-order valence-corrected chi connectivity index (χ2v) is 28.5. The highest BCUT2D eigenvalue weighted by atomic mass is 31.2. The average Bonchev–Trinajstić information content (AvgIpc) is 1.36. The van der Waals surface area contributed by atoms with E-state index in [-0.39, 0.29) is 11.8 Å². The molecule has 14 rings (SSSR count). The molecule has 0 saturated carbocycles. The summed E-state index contributed by atoms with van der Waals surface area (Å²) < 4.78 is 54.2. The van der Waals surface area contributed by atoms with E-state index < -0.39 is 20.9 Å². The van der Waals surface area contributed by atoms with Gasteiger partial charge in [0.1, 0.15) is 23.0 Å². The highest BCUT2D eigenvalue weighted by Crippen LogP contribution is 2.72. The van der Waals surface area contributed by atoms with Gasteiger partial charge in [-0.25, -0.2) is 4.57 Å². The number of nitrogens with zero attached hydrogens (tertiary/aromatic N) is 1. The second kappa shape index (κ2) is 23.7. The Kier molecular flexibility index (Phi) is 15.7. The lowest BCUT2D eigenvalue weighted by molar-refractivity contribution is 0.263. The van der Waals surface area contributed by atoms with E-state index in [4.69, 9.17) is 22.6 Å². The molecule has 5 atom stereocenters. The summed E-state index contributed by atoms with van der Waals surface area (Å²) in [5.41, 5.74) is 20.4. The summed E-state index contributed by atoms with van der Waals surface area (Å²) in [4.78, 5) is 14.8. The predicted molar refractivity (Wildman–Crippen MR) is 374 cm³/mol. The first-order valence-electron chi connectivity index (χ1n) is 33.1. The van der Waals surface area contributed by atoms with Gasteiger partial charge in [-0.2, -0.15) is 0 Å². The molecule has 0 spiro atoms. The van der Waals surface area contributed by atoms with E-state index >= 15 is 4.57 Å². The van der Waals surface area contributed by atoms with E-state index in [0.717, 1.165) is 186 Å². The monoisotopic (exact) mass is 1230 g/mol. The lowest BCUT2D eigenvalue weighted by Gasteiger charge is -2.41. The van der Waals surface area contributed by atoms with E-state index in [0.29, 0.717) is 29.4 Å². The van der Waals surface area contributed by atoms with Crippen molar-refractivity contribution in [2.24, 2.45) is 10.4 Å². The van der Waals surface area contributed by atoms with Crippen LogP contribution in [0.25, 0.3) is 66.6 Å². The van der Waals surface area contributed by atoms with Crippen molar-refractivity contribution in [2.45, 2.75) is 144 Å². The molecule has 9 heteroatoms.